The van der Waals surface area contributed by atoms with E-state index in [4.69, 9.17) is 10.5 Å². The van der Waals surface area contributed by atoms with E-state index in [1.807, 2.05) is 0 Å². The molecule has 1 unspecified atom stereocenters. The molecule has 1 aromatic carbocycles. The Bertz CT molecular complexity index is 525. The minimum absolute atomic E-state index is 0.175. The Hall–Kier alpha value is -2.32. The maximum absolute atomic E-state index is 11.7. The summed E-state index contributed by atoms with van der Waals surface area (Å²) in [7, 11) is 1.49. The van der Waals surface area contributed by atoms with Gasteiger partial charge in [0.15, 0.2) is 0 Å². The third-order valence-corrected chi connectivity index (χ3v) is 2.43. The van der Waals surface area contributed by atoms with Gasteiger partial charge in [-0.05, 0) is 34.7 Å². The average Bonchev–Trinajstić information content (AvgIpc) is 2.94. The zero-order valence-corrected chi connectivity index (χ0v) is 10.4. The highest BCUT2D eigenvalue weighted by atomic mass is 16.5. The van der Waals surface area contributed by atoms with Crippen LogP contribution in [-0.2, 0) is 9.53 Å². The lowest BCUT2D eigenvalue weighted by atomic mass is 10.2. The molecule has 1 amide bonds. The molecule has 3 N–H and O–H groups in total. The number of rotatable bonds is 5. The van der Waals surface area contributed by atoms with E-state index in [0.29, 0.717) is 5.69 Å². The molecule has 0 aliphatic rings. The van der Waals surface area contributed by atoms with Crippen molar-refractivity contribution in [2.24, 2.45) is 5.73 Å². The number of hydrogen-bond donors (Lipinski definition) is 2. The largest absolute Gasteiger partial charge is 0.383 e. The van der Waals surface area contributed by atoms with Crippen LogP contribution in [0.3, 0.4) is 0 Å². The number of hydrogen-bond acceptors (Lipinski definition) is 6. The summed E-state index contributed by atoms with van der Waals surface area (Å²) in [6.07, 6.45) is 1.49. The van der Waals surface area contributed by atoms with Crippen molar-refractivity contribution in [2.45, 2.75) is 6.04 Å². The second kappa shape index (κ2) is 6.03. The fourth-order valence-corrected chi connectivity index (χ4v) is 1.47. The zero-order valence-electron chi connectivity index (χ0n) is 10.4. The van der Waals surface area contributed by atoms with Gasteiger partial charge < -0.3 is 15.8 Å². The highest BCUT2D eigenvalue weighted by Gasteiger charge is 2.12. The number of nitrogens with zero attached hydrogens (tertiary/aromatic N) is 4. The maximum Gasteiger partial charge on any atom is 0.243 e. The first-order valence-corrected chi connectivity index (χ1v) is 5.59. The number of nitrogens with two attached hydrogens (primary N) is 1. The van der Waals surface area contributed by atoms with E-state index in [-0.39, 0.29) is 12.5 Å². The summed E-state index contributed by atoms with van der Waals surface area (Å²) in [5.41, 5.74) is 7.06. The van der Waals surface area contributed by atoms with Crippen LogP contribution in [0, 0.1) is 0 Å². The van der Waals surface area contributed by atoms with E-state index < -0.39 is 6.04 Å². The first-order valence-electron chi connectivity index (χ1n) is 5.59. The lowest BCUT2D eigenvalue weighted by molar-refractivity contribution is -0.118. The van der Waals surface area contributed by atoms with Crippen LogP contribution in [0.5, 0.6) is 0 Å². The molecule has 1 aromatic heterocycles. The SMILES string of the molecule is COCC(N)C(=O)Nc1ccc(-n2cnnn2)cc1. The number of carbonyl (C=O) groups excluding carboxylic acids is 1. The van der Waals surface area contributed by atoms with Crippen LogP contribution in [-0.4, -0.2) is 45.9 Å². The Morgan fingerprint density at radius 3 is 2.79 bits per heavy atom. The van der Waals surface area contributed by atoms with Crippen molar-refractivity contribution in [3.63, 3.8) is 0 Å². The van der Waals surface area contributed by atoms with Crippen LogP contribution in [0.1, 0.15) is 0 Å². The molecule has 0 saturated carbocycles. The molecule has 8 nitrogen and oxygen atoms in total. The summed E-state index contributed by atoms with van der Waals surface area (Å²) in [6, 6.07) is 6.37. The van der Waals surface area contributed by atoms with Gasteiger partial charge in [0.25, 0.3) is 0 Å². The van der Waals surface area contributed by atoms with Crippen molar-refractivity contribution < 1.29 is 9.53 Å². The van der Waals surface area contributed by atoms with Gasteiger partial charge in [-0.25, -0.2) is 4.68 Å². The molecule has 8 heteroatoms. The third-order valence-electron chi connectivity index (χ3n) is 2.43. The van der Waals surface area contributed by atoms with E-state index in [1.165, 1.54) is 18.1 Å². The molecule has 19 heavy (non-hydrogen) atoms. The number of nitrogens with one attached hydrogen (secondary N) is 1. The highest BCUT2D eigenvalue weighted by Crippen LogP contribution is 2.12. The summed E-state index contributed by atoms with van der Waals surface area (Å²) >= 11 is 0. The lowest BCUT2D eigenvalue weighted by Gasteiger charge is -2.11. The van der Waals surface area contributed by atoms with Crippen molar-refractivity contribution in [1.29, 1.82) is 0 Å². The molecule has 0 radical (unpaired) electrons. The van der Waals surface area contributed by atoms with Gasteiger partial charge in [-0.1, -0.05) is 0 Å². The maximum atomic E-state index is 11.7. The van der Waals surface area contributed by atoms with Crippen LogP contribution in [0.4, 0.5) is 5.69 Å². The molecular weight excluding hydrogens is 248 g/mol. The van der Waals surface area contributed by atoms with Crippen molar-refractivity contribution in [3.8, 4) is 5.69 Å². The number of benzene rings is 1. The fourth-order valence-electron chi connectivity index (χ4n) is 1.47. The van der Waals surface area contributed by atoms with Gasteiger partial charge in [0.2, 0.25) is 5.91 Å². The summed E-state index contributed by atoms with van der Waals surface area (Å²) in [4.78, 5) is 11.7. The summed E-state index contributed by atoms with van der Waals surface area (Å²) in [5, 5.41) is 13.5. The second-order valence-corrected chi connectivity index (χ2v) is 3.85. The summed E-state index contributed by atoms with van der Waals surface area (Å²) < 4.78 is 6.34. The molecule has 0 fully saturated rings. The summed E-state index contributed by atoms with van der Waals surface area (Å²) in [5.74, 6) is -0.294. The van der Waals surface area contributed by atoms with Gasteiger partial charge in [0.05, 0.1) is 12.3 Å². The summed E-state index contributed by atoms with van der Waals surface area (Å²) in [6.45, 7) is 0.175. The first kappa shape index (κ1) is 13.1. The molecule has 2 aromatic rings. The number of aromatic nitrogens is 4. The first-order chi connectivity index (χ1) is 9.20. The number of methoxy groups -OCH3 is 1. The molecule has 1 atom stereocenters. The van der Waals surface area contributed by atoms with Crippen LogP contribution < -0.4 is 11.1 Å². The molecule has 0 spiro atoms. The molecule has 1 heterocycles. The van der Waals surface area contributed by atoms with Gasteiger partial charge in [-0.3, -0.25) is 4.79 Å². The molecule has 0 saturated heterocycles. The predicted molar refractivity (Wildman–Crippen MR) is 67.6 cm³/mol. The lowest BCUT2D eigenvalue weighted by Crippen LogP contribution is -2.39. The molecule has 0 bridgehead atoms. The van der Waals surface area contributed by atoms with Crippen molar-refractivity contribution >= 4 is 11.6 Å². The van der Waals surface area contributed by atoms with E-state index in [1.54, 1.807) is 24.3 Å². The topological polar surface area (TPSA) is 108 Å². The van der Waals surface area contributed by atoms with Crippen molar-refractivity contribution in [3.05, 3.63) is 30.6 Å². The van der Waals surface area contributed by atoms with E-state index in [0.717, 1.165) is 5.69 Å². The predicted octanol–water partition coefficient (Wildman–Crippen LogP) is -0.425. The zero-order chi connectivity index (χ0) is 13.7. The Balaban J connectivity index is 2.01. The second-order valence-electron chi connectivity index (χ2n) is 3.85. The van der Waals surface area contributed by atoms with Gasteiger partial charge in [0.1, 0.15) is 12.4 Å². The normalized spacial score (nSPS) is 12.1. The van der Waals surface area contributed by atoms with Crippen LogP contribution in [0.15, 0.2) is 30.6 Å². The minimum Gasteiger partial charge on any atom is -0.383 e. The Morgan fingerprint density at radius 2 is 2.21 bits per heavy atom. The van der Waals surface area contributed by atoms with E-state index in [9.17, 15) is 4.79 Å². The van der Waals surface area contributed by atoms with E-state index >= 15 is 0 Å². The van der Waals surface area contributed by atoms with Gasteiger partial charge in [-0.15, -0.1) is 5.10 Å². The Morgan fingerprint density at radius 1 is 1.47 bits per heavy atom. The molecule has 100 valence electrons. The smallest absolute Gasteiger partial charge is 0.243 e. The Kier molecular flexibility index (Phi) is 4.16. The molecular formula is C11H14N6O2. The van der Waals surface area contributed by atoms with Crippen LogP contribution in [0.25, 0.3) is 5.69 Å². The third kappa shape index (κ3) is 3.33. The van der Waals surface area contributed by atoms with Crippen molar-refractivity contribution in [1.82, 2.24) is 20.2 Å². The number of amides is 1. The highest BCUT2D eigenvalue weighted by molar-refractivity contribution is 5.94. The van der Waals surface area contributed by atoms with Crippen LogP contribution >= 0.6 is 0 Å². The van der Waals surface area contributed by atoms with Crippen molar-refractivity contribution in [2.75, 3.05) is 19.0 Å². The van der Waals surface area contributed by atoms with Gasteiger partial charge in [0, 0.05) is 12.8 Å². The minimum atomic E-state index is -0.691. The standard InChI is InChI=1S/C11H14N6O2/c1-19-6-10(12)11(18)14-8-2-4-9(5-3-8)17-7-13-15-16-17/h2-5,7,10H,6,12H2,1H3,(H,14,18). The number of anilines is 1. The van der Waals surface area contributed by atoms with Gasteiger partial charge in [-0.2, -0.15) is 0 Å². The van der Waals surface area contributed by atoms with Gasteiger partial charge >= 0.3 is 0 Å². The number of carbonyl (C=O) groups is 1. The van der Waals surface area contributed by atoms with Crippen LogP contribution in [0.2, 0.25) is 0 Å². The van der Waals surface area contributed by atoms with E-state index in [2.05, 4.69) is 20.8 Å². The monoisotopic (exact) mass is 262 g/mol. The number of tetrazole rings is 1. The molecule has 0 aliphatic carbocycles. The number of ether oxygens (including phenoxy) is 1. The quantitative estimate of drug-likeness (QED) is 0.757. The molecule has 0 aliphatic heterocycles. The Labute approximate surface area is 109 Å². The molecule has 2 rings (SSSR count). The fraction of sp³-hybridized carbons (Fsp3) is 0.273. The average molecular weight is 262 g/mol.